The van der Waals surface area contributed by atoms with E-state index in [4.69, 9.17) is 19.2 Å². The molecule has 0 amide bonds. The van der Waals surface area contributed by atoms with Crippen molar-refractivity contribution in [1.29, 1.82) is 0 Å². The Labute approximate surface area is 92.5 Å². The van der Waals surface area contributed by atoms with Gasteiger partial charge in [-0.2, -0.15) is 0 Å². The fraction of sp³-hybridized carbons (Fsp3) is 0. The van der Waals surface area contributed by atoms with Crippen LogP contribution in [0, 0.1) is 33.7 Å². The molecule has 0 aliphatic carbocycles. The van der Waals surface area contributed by atoms with Gasteiger partial charge in [0.2, 0.25) is 0 Å². The van der Waals surface area contributed by atoms with E-state index in [0.717, 1.165) is 33.7 Å². The van der Waals surface area contributed by atoms with Crippen molar-refractivity contribution in [3.8, 4) is 0 Å². The molecular formula is C6H8LaO4P. The van der Waals surface area contributed by atoms with Crippen LogP contribution in [-0.2, 0) is 4.57 Å². The molecule has 4 nitrogen and oxygen atoms in total. The molecule has 0 unspecified atom stereocenters. The Morgan fingerprint density at radius 3 is 1.58 bits per heavy atom. The van der Waals surface area contributed by atoms with Gasteiger partial charge in [-0.05, 0) is 0 Å². The third-order valence-electron chi connectivity index (χ3n) is 0.800. The average molecular weight is 314 g/mol. The first-order chi connectivity index (χ1) is 5.39. The van der Waals surface area contributed by atoms with Gasteiger partial charge in [0.05, 0.1) is 0 Å². The Morgan fingerprint density at radius 1 is 1.08 bits per heavy atom. The summed E-state index contributed by atoms with van der Waals surface area (Å²) in [5.74, 6) is 0. The van der Waals surface area contributed by atoms with Gasteiger partial charge in [-0.3, -0.25) is 0 Å². The summed E-state index contributed by atoms with van der Waals surface area (Å²) in [5, 5.41) is 0. The summed E-state index contributed by atoms with van der Waals surface area (Å²) in [5.41, 5.74) is 0. The number of hydrogen-bond acceptors (Lipinski definition) is 1. The number of rotatable bonds is 0. The van der Waals surface area contributed by atoms with E-state index in [1.54, 1.807) is 0 Å². The summed E-state index contributed by atoms with van der Waals surface area (Å²) in [6, 6.07) is 10.5. The molecule has 1 aromatic rings. The second kappa shape index (κ2) is 6.05. The van der Waals surface area contributed by atoms with E-state index in [2.05, 4.69) is 24.3 Å². The van der Waals surface area contributed by atoms with Crippen LogP contribution in [0.3, 0.4) is 0 Å². The van der Waals surface area contributed by atoms with E-state index in [1.165, 1.54) is 1.97 Å². The maximum absolute atomic E-state index is 8.88. The van der Waals surface area contributed by atoms with E-state index in [1.807, 2.05) is 6.07 Å². The van der Waals surface area contributed by atoms with Gasteiger partial charge in [0, 0.05) is 0 Å². The molecular weight excluding hydrogens is 306 g/mol. The molecule has 0 heterocycles. The van der Waals surface area contributed by atoms with Gasteiger partial charge in [-0.15, -0.1) is 0 Å². The Morgan fingerprint density at radius 2 is 1.42 bits per heavy atom. The van der Waals surface area contributed by atoms with Crippen LogP contribution in [0.2, 0.25) is 0 Å². The summed E-state index contributed by atoms with van der Waals surface area (Å²) in [6.07, 6.45) is 0. The van der Waals surface area contributed by atoms with E-state index in [0.29, 0.717) is 0 Å². The minimum atomic E-state index is -4.64. The van der Waals surface area contributed by atoms with Crippen LogP contribution in [0.25, 0.3) is 0 Å². The summed E-state index contributed by atoms with van der Waals surface area (Å²) in [6.45, 7) is 0. The van der Waals surface area contributed by atoms with Crippen molar-refractivity contribution in [3.63, 3.8) is 0 Å². The fourth-order valence-corrected chi connectivity index (χ4v) is 1.15. The monoisotopic (exact) mass is 314 g/mol. The van der Waals surface area contributed by atoms with Crippen molar-refractivity contribution < 1.29 is 53.0 Å². The van der Waals surface area contributed by atoms with Gasteiger partial charge in [0.25, 0.3) is 0 Å². The van der Waals surface area contributed by atoms with E-state index < -0.39 is 7.82 Å². The summed E-state index contributed by atoms with van der Waals surface area (Å²) >= 11 is 0.992. The molecule has 0 saturated heterocycles. The first-order valence-corrected chi connectivity index (χ1v) is 6.36. The average Bonchev–Trinajstić information content (AvgIpc) is 1.85. The molecule has 0 aliphatic rings. The standard InChI is InChI=1S/C6H5.La.H3O4P/c1-2-4-6-5-3-1;;1-5(2,3)4/h1-5H;;(H3,1,2,3,4). The van der Waals surface area contributed by atoms with Crippen molar-refractivity contribution >= 4 is 9.79 Å². The second-order valence-electron chi connectivity index (χ2n) is 1.92. The molecule has 64 valence electrons. The Kier molecular flexibility index (Phi) is 6.32. The predicted octanol–water partition coefficient (Wildman–Crippen LogP) is -0.0674. The normalized spacial score (nSPS) is 9.83. The van der Waals surface area contributed by atoms with Gasteiger partial charge < -0.3 is 14.7 Å². The zero-order chi connectivity index (χ0) is 9.61. The van der Waals surface area contributed by atoms with Crippen LogP contribution in [0.15, 0.2) is 30.3 Å². The zero-order valence-corrected chi connectivity index (χ0v) is 10.7. The van der Waals surface area contributed by atoms with E-state index in [-0.39, 0.29) is 0 Å². The molecule has 0 bridgehead atoms. The number of hydrogen-bond donors (Lipinski definition) is 3. The van der Waals surface area contributed by atoms with Gasteiger partial charge in [0.1, 0.15) is 0 Å². The molecule has 0 fully saturated rings. The summed E-state index contributed by atoms with van der Waals surface area (Å²) in [4.78, 5) is 21.6. The Balaban J connectivity index is 0.000000217. The van der Waals surface area contributed by atoms with Gasteiger partial charge in [0.15, 0.2) is 0 Å². The SMILES string of the molecule is O=P(O)(O)O.[La][c]1ccccc1. The van der Waals surface area contributed by atoms with E-state index >= 15 is 0 Å². The molecule has 0 atom stereocenters. The fourth-order valence-electron chi connectivity index (χ4n) is 0.453. The van der Waals surface area contributed by atoms with Crippen LogP contribution in [-0.4, -0.2) is 14.7 Å². The van der Waals surface area contributed by atoms with Crippen molar-refractivity contribution in [2.24, 2.45) is 0 Å². The molecule has 0 saturated carbocycles. The first-order valence-electron chi connectivity index (χ1n) is 2.98. The van der Waals surface area contributed by atoms with Crippen LogP contribution in [0.5, 0.6) is 0 Å². The second-order valence-corrected chi connectivity index (χ2v) is 5.04. The summed E-state index contributed by atoms with van der Waals surface area (Å²) < 4.78 is 10.4. The van der Waals surface area contributed by atoms with Crippen molar-refractivity contribution in [1.82, 2.24) is 0 Å². The molecule has 1 aromatic carbocycles. The first kappa shape index (κ1) is 12.5. The maximum atomic E-state index is 8.88. The Bertz CT molecular complexity index is 249. The van der Waals surface area contributed by atoms with Crippen LogP contribution in [0.4, 0.5) is 0 Å². The van der Waals surface area contributed by atoms with Crippen molar-refractivity contribution in [2.45, 2.75) is 0 Å². The van der Waals surface area contributed by atoms with Crippen LogP contribution >= 0.6 is 7.82 Å². The van der Waals surface area contributed by atoms with Gasteiger partial charge in [-0.1, -0.05) is 0 Å². The molecule has 0 spiro atoms. The molecule has 0 radical (unpaired) electrons. The third-order valence-corrected chi connectivity index (χ3v) is 2.01. The van der Waals surface area contributed by atoms with Crippen LogP contribution in [0.1, 0.15) is 0 Å². The topological polar surface area (TPSA) is 77.8 Å². The molecule has 6 heteroatoms. The van der Waals surface area contributed by atoms with Crippen LogP contribution < -0.4 is 1.97 Å². The van der Waals surface area contributed by atoms with Gasteiger partial charge in [-0.25, -0.2) is 4.57 Å². The van der Waals surface area contributed by atoms with Gasteiger partial charge >= 0.3 is 73.9 Å². The molecule has 1 rings (SSSR count). The predicted molar refractivity (Wildman–Crippen MR) is 40.3 cm³/mol. The van der Waals surface area contributed by atoms with E-state index in [9.17, 15) is 0 Å². The minimum absolute atomic E-state index is 0.992. The Hall–Kier alpha value is 0.525. The summed E-state index contributed by atoms with van der Waals surface area (Å²) in [7, 11) is -4.64. The quantitative estimate of drug-likeness (QED) is 0.586. The number of benzene rings is 1. The van der Waals surface area contributed by atoms with Crippen molar-refractivity contribution in [3.05, 3.63) is 30.3 Å². The molecule has 0 aromatic heterocycles. The molecule has 0 aliphatic heterocycles. The number of phosphoric acid groups is 1. The molecule has 12 heavy (non-hydrogen) atoms. The van der Waals surface area contributed by atoms with Crippen molar-refractivity contribution in [2.75, 3.05) is 0 Å². The molecule has 3 N–H and O–H groups in total. The third kappa shape index (κ3) is 13.1. The zero-order valence-electron chi connectivity index (χ0n) is 6.16.